The maximum atomic E-state index is 3.75. The molecular weight excluding hydrogens is 276 g/mol. The Morgan fingerprint density at radius 3 is 2.71 bits per heavy atom. The number of benzene rings is 1. The largest absolute Gasteiger partial charge is 0.310 e. The summed E-state index contributed by atoms with van der Waals surface area (Å²) in [6.45, 7) is 6.88. The summed E-state index contributed by atoms with van der Waals surface area (Å²) in [5.41, 5.74) is 1.42. The molecule has 118 valence electrons. The Morgan fingerprint density at radius 2 is 2.10 bits per heavy atom. The van der Waals surface area contributed by atoms with Gasteiger partial charge >= 0.3 is 0 Å². The van der Waals surface area contributed by atoms with E-state index >= 15 is 0 Å². The SMILES string of the molecule is CCCNC(c1ccccc1)C(C)CN(C)C1CCSC1. The van der Waals surface area contributed by atoms with Crippen molar-refractivity contribution in [2.45, 2.75) is 38.8 Å². The third kappa shape index (κ3) is 5.01. The zero-order chi connectivity index (χ0) is 15.1. The molecule has 3 atom stereocenters. The van der Waals surface area contributed by atoms with Crippen molar-refractivity contribution in [3.8, 4) is 0 Å². The molecular formula is C18H30N2S. The highest BCUT2D eigenvalue weighted by Crippen LogP contribution is 2.26. The fourth-order valence-corrected chi connectivity index (χ4v) is 4.48. The second-order valence-corrected chi connectivity index (χ2v) is 7.43. The quantitative estimate of drug-likeness (QED) is 0.786. The predicted octanol–water partition coefficient (Wildman–Crippen LogP) is 3.80. The van der Waals surface area contributed by atoms with Gasteiger partial charge in [-0.05, 0) is 43.7 Å². The number of hydrogen-bond donors (Lipinski definition) is 1. The molecule has 0 bridgehead atoms. The molecule has 1 saturated heterocycles. The minimum absolute atomic E-state index is 0.461. The average molecular weight is 307 g/mol. The van der Waals surface area contributed by atoms with Crippen LogP contribution in [0, 0.1) is 5.92 Å². The van der Waals surface area contributed by atoms with Crippen LogP contribution < -0.4 is 5.32 Å². The van der Waals surface area contributed by atoms with E-state index in [2.05, 4.69) is 73.2 Å². The Balaban J connectivity index is 1.98. The highest BCUT2D eigenvalue weighted by atomic mass is 32.2. The normalized spacial score (nSPS) is 21.6. The Bertz CT molecular complexity index is 389. The van der Waals surface area contributed by atoms with Gasteiger partial charge in [0, 0.05) is 24.4 Å². The molecule has 1 heterocycles. The van der Waals surface area contributed by atoms with Crippen molar-refractivity contribution in [2.75, 3.05) is 31.6 Å². The first-order valence-electron chi connectivity index (χ1n) is 8.28. The number of nitrogens with one attached hydrogen (secondary N) is 1. The van der Waals surface area contributed by atoms with E-state index in [0.717, 1.165) is 12.6 Å². The predicted molar refractivity (Wildman–Crippen MR) is 95.0 cm³/mol. The van der Waals surface area contributed by atoms with Gasteiger partial charge in [0.25, 0.3) is 0 Å². The van der Waals surface area contributed by atoms with Gasteiger partial charge in [-0.3, -0.25) is 0 Å². The van der Waals surface area contributed by atoms with Gasteiger partial charge in [0.05, 0.1) is 0 Å². The van der Waals surface area contributed by atoms with E-state index in [9.17, 15) is 0 Å². The van der Waals surface area contributed by atoms with Gasteiger partial charge in [-0.15, -0.1) is 0 Å². The van der Waals surface area contributed by atoms with Crippen LogP contribution in [0.5, 0.6) is 0 Å². The molecule has 0 radical (unpaired) electrons. The topological polar surface area (TPSA) is 15.3 Å². The lowest BCUT2D eigenvalue weighted by Gasteiger charge is -2.32. The molecule has 3 heteroatoms. The van der Waals surface area contributed by atoms with Crippen molar-refractivity contribution >= 4 is 11.8 Å². The average Bonchev–Trinajstić information content (AvgIpc) is 3.03. The fourth-order valence-electron chi connectivity index (χ4n) is 3.19. The molecule has 2 nitrogen and oxygen atoms in total. The molecule has 1 aliphatic rings. The van der Waals surface area contributed by atoms with Gasteiger partial charge in [-0.1, -0.05) is 44.2 Å². The van der Waals surface area contributed by atoms with E-state index in [4.69, 9.17) is 0 Å². The fraction of sp³-hybridized carbons (Fsp3) is 0.667. The van der Waals surface area contributed by atoms with E-state index in [1.807, 2.05) is 0 Å². The molecule has 1 aromatic rings. The summed E-state index contributed by atoms with van der Waals surface area (Å²) < 4.78 is 0. The van der Waals surface area contributed by atoms with Gasteiger partial charge < -0.3 is 10.2 Å². The summed E-state index contributed by atoms with van der Waals surface area (Å²) in [7, 11) is 2.30. The Hall–Kier alpha value is -0.510. The molecule has 3 unspecified atom stereocenters. The van der Waals surface area contributed by atoms with Gasteiger partial charge in [-0.25, -0.2) is 0 Å². The molecule has 0 amide bonds. The van der Waals surface area contributed by atoms with E-state index in [1.54, 1.807) is 0 Å². The standard InChI is InChI=1S/C18H30N2S/c1-4-11-19-18(16-8-6-5-7-9-16)15(2)13-20(3)17-10-12-21-14-17/h5-9,15,17-19H,4,10-14H2,1-3H3. The maximum absolute atomic E-state index is 3.75. The molecule has 1 aliphatic heterocycles. The first kappa shape index (κ1) is 16.9. The molecule has 1 N–H and O–H groups in total. The Morgan fingerprint density at radius 1 is 1.33 bits per heavy atom. The minimum atomic E-state index is 0.461. The number of thioether (sulfide) groups is 1. The monoisotopic (exact) mass is 306 g/mol. The van der Waals surface area contributed by atoms with Gasteiger partial charge in [-0.2, -0.15) is 11.8 Å². The lowest BCUT2D eigenvalue weighted by Crippen LogP contribution is -2.39. The summed E-state index contributed by atoms with van der Waals surface area (Å²) in [5, 5.41) is 3.75. The van der Waals surface area contributed by atoms with Gasteiger partial charge in [0.1, 0.15) is 0 Å². The second kappa shape index (κ2) is 8.82. The van der Waals surface area contributed by atoms with Crippen LogP contribution in [-0.4, -0.2) is 42.6 Å². The van der Waals surface area contributed by atoms with Crippen molar-refractivity contribution < 1.29 is 0 Å². The number of nitrogens with zero attached hydrogens (tertiary/aromatic N) is 1. The van der Waals surface area contributed by atoms with Crippen LogP contribution in [0.3, 0.4) is 0 Å². The van der Waals surface area contributed by atoms with E-state index < -0.39 is 0 Å². The summed E-state index contributed by atoms with van der Waals surface area (Å²) in [6.07, 6.45) is 2.54. The molecule has 21 heavy (non-hydrogen) atoms. The molecule has 0 spiro atoms. The third-order valence-corrected chi connectivity index (χ3v) is 5.59. The minimum Gasteiger partial charge on any atom is -0.310 e. The first-order valence-corrected chi connectivity index (χ1v) is 9.44. The number of rotatable bonds is 8. The summed E-state index contributed by atoms with van der Waals surface area (Å²) in [4.78, 5) is 2.58. The van der Waals surface area contributed by atoms with Crippen molar-refractivity contribution in [1.82, 2.24) is 10.2 Å². The van der Waals surface area contributed by atoms with E-state index in [0.29, 0.717) is 12.0 Å². The summed E-state index contributed by atoms with van der Waals surface area (Å²) >= 11 is 2.10. The maximum Gasteiger partial charge on any atom is 0.0358 e. The van der Waals surface area contributed by atoms with Crippen LogP contribution in [0.2, 0.25) is 0 Å². The zero-order valence-electron chi connectivity index (χ0n) is 13.7. The summed E-state index contributed by atoms with van der Waals surface area (Å²) in [6, 6.07) is 12.2. The summed E-state index contributed by atoms with van der Waals surface area (Å²) in [5.74, 6) is 3.26. The van der Waals surface area contributed by atoms with Crippen LogP contribution in [0.1, 0.15) is 38.3 Å². The van der Waals surface area contributed by atoms with E-state index in [1.165, 1.54) is 36.5 Å². The smallest absolute Gasteiger partial charge is 0.0358 e. The highest BCUT2D eigenvalue weighted by molar-refractivity contribution is 7.99. The van der Waals surface area contributed by atoms with Crippen LogP contribution in [0.25, 0.3) is 0 Å². The van der Waals surface area contributed by atoms with Gasteiger partial charge in [0.15, 0.2) is 0 Å². The van der Waals surface area contributed by atoms with Crippen LogP contribution in [0.4, 0.5) is 0 Å². The molecule has 2 rings (SSSR count). The zero-order valence-corrected chi connectivity index (χ0v) is 14.5. The lowest BCUT2D eigenvalue weighted by molar-refractivity contribution is 0.203. The Labute approximate surface area is 134 Å². The first-order chi connectivity index (χ1) is 10.2. The van der Waals surface area contributed by atoms with Gasteiger partial charge in [0.2, 0.25) is 0 Å². The van der Waals surface area contributed by atoms with Crippen molar-refractivity contribution in [1.29, 1.82) is 0 Å². The lowest BCUT2D eigenvalue weighted by atomic mass is 9.93. The highest BCUT2D eigenvalue weighted by Gasteiger charge is 2.25. The molecule has 1 aromatic carbocycles. The number of hydrogen-bond acceptors (Lipinski definition) is 3. The van der Waals surface area contributed by atoms with Crippen LogP contribution in [-0.2, 0) is 0 Å². The van der Waals surface area contributed by atoms with Crippen LogP contribution in [0.15, 0.2) is 30.3 Å². The van der Waals surface area contributed by atoms with E-state index in [-0.39, 0.29) is 0 Å². The van der Waals surface area contributed by atoms with Crippen molar-refractivity contribution in [2.24, 2.45) is 5.92 Å². The molecule has 1 fully saturated rings. The Kier molecular flexibility index (Phi) is 7.08. The molecule has 0 aliphatic carbocycles. The van der Waals surface area contributed by atoms with Crippen LogP contribution >= 0.6 is 11.8 Å². The third-order valence-electron chi connectivity index (χ3n) is 4.45. The van der Waals surface area contributed by atoms with Crippen molar-refractivity contribution in [3.05, 3.63) is 35.9 Å². The van der Waals surface area contributed by atoms with Crippen molar-refractivity contribution in [3.63, 3.8) is 0 Å². The molecule has 0 saturated carbocycles. The molecule has 0 aromatic heterocycles. The second-order valence-electron chi connectivity index (χ2n) is 6.28.